The molecule has 0 aliphatic carbocycles. The number of sulfonamides is 1. The molecule has 1 aromatic rings. The molecule has 0 saturated heterocycles. The Bertz CT molecular complexity index is 614. The van der Waals surface area contributed by atoms with Crippen LogP contribution in [0.15, 0.2) is 23.1 Å². The Morgan fingerprint density at radius 2 is 2.00 bits per heavy atom. The zero-order valence-corrected chi connectivity index (χ0v) is 13.5. The normalized spacial score (nSPS) is 11.9. The summed E-state index contributed by atoms with van der Waals surface area (Å²) in [6.07, 6.45) is 0.675. The Morgan fingerprint density at radius 3 is 2.43 bits per heavy atom. The van der Waals surface area contributed by atoms with E-state index >= 15 is 0 Å². The summed E-state index contributed by atoms with van der Waals surface area (Å²) in [7, 11) is -2.19. The molecule has 0 unspecified atom stereocenters. The lowest BCUT2D eigenvalue weighted by molar-refractivity contribution is -0.384. The van der Waals surface area contributed by atoms with E-state index < -0.39 is 14.9 Å². The Balaban J connectivity index is 3.37. The van der Waals surface area contributed by atoms with Crippen LogP contribution in [-0.2, 0) is 10.0 Å². The van der Waals surface area contributed by atoms with Crippen molar-refractivity contribution in [2.45, 2.75) is 38.1 Å². The van der Waals surface area contributed by atoms with E-state index in [0.717, 1.165) is 6.07 Å². The van der Waals surface area contributed by atoms with Crippen LogP contribution in [0.25, 0.3) is 0 Å². The van der Waals surface area contributed by atoms with Gasteiger partial charge in [0.2, 0.25) is 10.0 Å². The van der Waals surface area contributed by atoms with Crippen LogP contribution < -0.4 is 5.32 Å². The maximum atomic E-state index is 12.6. The summed E-state index contributed by atoms with van der Waals surface area (Å²) < 4.78 is 26.6. The van der Waals surface area contributed by atoms with Gasteiger partial charge in [0, 0.05) is 25.7 Å². The zero-order valence-electron chi connectivity index (χ0n) is 12.7. The van der Waals surface area contributed by atoms with E-state index in [4.69, 9.17) is 0 Å². The van der Waals surface area contributed by atoms with Gasteiger partial charge in [0.15, 0.2) is 0 Å². The highest BCUT2D eigenvalue weighted by Gasteiger charge is 2.28. The summed E-state index contributed by atoms with van der Waals surface area (Å²) in [5.41, 5.74) is 0.0318. The van der Waals surface area contributed by atoms with E-state index in [-0.39, 0.29) is 22.3 Å². The molecule has 7 nitrogen and oxygen atoms in total. The number of nitrogens with zero attached hydrogens (tertiary/aromatic N) is 2. The van der Waals surface area contributed by atoms with Gasteiger partial charge in [-0.1, -0.05) is 6.92 Å². The van der Waals surface area contributed by atoms with E-state index in [1.807, 2.05) is 6.92 Å². The van der Waals surface area contributed by atoms with Gasteiger partial charge in [0.25, 0.3) is 5.69 Å². The highest BCUT2D eigenvalue weighted by Crippen LogP contribution is 2.29. The highest BCUT2D eigenvalue weighted by atomic mass is 32.2. The minimum atomic E-state index is -3.74. The van der Waals surface area contributed by atoms with Crippen molar-refractivity contribution < 1.29 is 13.3 Å². The van der Waals surface area contributed by atoms with E-state index in [2.05, 4.69) is 5.32 Å². The summed E-state index contributed by atoms with van der Waals surface area (Å²) >= 11 is 0. The molecule has 0 aromatic heterocycles. The van der Waals surface area contributed by atoms with Gasteiger partial charge in [-0.25, -0.2) is 8.42 Å². The lowest BCUT2D eigenvalue weighted by Crippen LogP contribution is -2.37. The highest BCUT2D eigenvalue weighted by molar-refractivity contribution is 7.89. The van der Waals surface area contributed by atoms with E-state index in [1.165, 1.54) is 16.4 Å². The largest absolute Gasteiger partial charge is 0.383 e. The number of nitro groups is 1. The van der Waals surface area contributed by atoms with Crippen molar-refractivity contribution in [3.63, 3.8) is 0 Å². The quantitative estimate of drug-likeness (QED) is 0.616. The van der Waals surface area contributed by atoms with Crippen molar-refractivity contribution in [1.82, 2.24) is 4.31 Å². The van der Waals surface area contributed by atoms with E-state index in [9.17, 15) is 18.5 Å². The molecular formula is C13H21N3O4S. The molecule has 0 aliphatic rings. The molecule has 0 heterocycles. The molecular weight excluding hydrogens is 294 g/mol. The minimum Gasteiger partial charge on any atom is -0.383 e. The topological polar surface area (TPSA) is 92.6 Å². The molecule has 1 N–H and O–H groups in total. The number of nitrogens with one attached hydrogen (secondary N) is 1. The fourth-order valence-corrected chi connectivity index (χ4v) is 3.80. The average molecular weight is 315 g/mol. The van der Waals surface area contributed by atoms with Crippen molar-refractivity contribution in [2.75, 3.05) is 18.9 Å². The lowest BCUT2D eigenvalue weighted by atomic mass is 10.3. The minimum absolute atomic E-state index is 0.0599. The summed E-state index contributed by atoms with van der Waals surface area (Å²) in [5, 5.41) is 13.7. The molecule has 0 fully saturated rings. The van der Waals surface area contributed by atoms with Gasteiger partial charge in [-0.3, -0.25) is 10.1 Å². The van der Waals surface area contributed by atoms with Crippen molar-refractivity contribution in [2.24, 2.45) is 0 Å². The molecule has 0 aliphatic heterocycles. The summed E-state index contributed by atoms with van der Waals surface area (Å²) in [4.78, 5) is 10.4. The van der Waals surface area contributed by atoms with Crippen LogP contribution in [0.3, 0.4) is 0 Å². The van der Waals surface area contributed by atoms with Crippen LogP contribution in [0.5, 0.6) is 0 Å². The molecule has 1 aromatic carbocycles. The van der Waals surface area contributed by atoms with Gasteiger partial charge in [0.1, 0.15) is 5.69 Å². The average Bonchev–Trinajstić information content (AvgIpc) is 2.43. The van der Waals surface area contributed by atoms with Gasteiger partial charge in [-0.2, -0.15) is 4.31 Å². The molecule has 0 spiro atoms. The summed E-state index contributed by atoms with van der Waals surface area (Å²) in [6.45, 7) is 5.83. The second-order valence-corrected chi connectivity index (χ2v) is 6.79. The fourth-order valence-electron chi connectivity index (χ4n) is 2.05. The molecule has 0 bridgehead atoms. The van der Waals surface area contributed by atoms with E-state index in [0.29, 0.717) is 13.0 Å². The Hall–Kier alpha value is -1.67. The van der Waals surface area contributed by atoms with Crippen LogP contribution >= 0.6 is 0 Å². The molecule has 0 amide bonds. The molecule has 21 heavy (non-hydrogen) atoms. The van der Waals surface area contributed by atoms with Crippen LogP contribution in [0.2, 0.25) is 0 Å². The first kappa shape index (κ1) is 17.4. The second-order valence-electron chi connectivity index (χ2n) is 4.90. The molecule has 1 rings (SSSR count). The Morgan fingerprint density at radius 1 is 1.38 bits per heavy atom. The van der Waals surface area contributed by atoms with Gasteiger partial charge in [-0.05, 0) is 32.4 Å². The second kappa shape index (κ2) is 6.86. The van der Waals surface area contributed by atoms with Gasteiger partial charge >= 0.3 is 0 Å². The molecule has 0 atom stereocenters. The van der Waals surface area contributed by atoms with Crippen LogP contribution in [0.1, 0.15) is 27.2 Å². The first-order chi connectivity index (χ1) is 9.75. The monoisotopic (exact) mass is 315 g/mol. The van der Waals surface area contributed by atoms with E-state index in [1.54, 1.807) is 20.9 Å². The smallest absolute Gasteiger partial charge is 0.293 e. The lowest BCUT2D eigenvalue weighted by Gasteiger charge is -2.25. The number of nitro benzene ring substituents is 1. The van der Waals surface area contributed by atoms with Crippen molar-refractivity contribution in [3.8, 4) is 0 Å². The Labute approximate surface area is 125 Å². The third kappa shape index (κ3) is 3.70. The number of hydrogen-bond acceptors (Lipinski definition) is 5. The third-order valence-corrected chi connectivity index (χ3v) is 5.13. The Kier molecular flexibility index (Phi) is 5.68. The maximum absolute atomic E-state index is 12.6. The van der Waals surface area contributed by atoms with Crippen LogP contribution in [0.4, 0.5) is 11.4 Å². The molecule has 0 radical (unpaired) electrons. The van der Waals surface area contributed by atoms with Crippen LogP contribution in [0, 0.1) is 10.1 Å². The van der Waals surface area contributed by atoms with Gasteiger partial charge in [0.05, 0.1) is 9.82 Å². The summed E-state index contributed by atoms with van der Waals surface area (Å²) in [5.74, 6) is 0. The maximum Gasteiger partial charge on any atom is 0.293 e. The van der Waals surface area contributed by atoms with Gasteiger partial charge < -0.3 is 5.32 Å². The third-order valence-electron chi connectivity index (χ3n) is 3.06. The fraction of sp³-hybridized carbons (Fsp3) is 0.538. The summed E-state index contributed by atoms with van der Waals surface area (Å²) in [6, 6.07) is 3.69. The van der Waals surface area contributed by atoms with Crippen molar-refractivity contribution in [1.29, 1.82) is 0 Å². The van der Waals surface area contributed by atoms with Crippen LogP contribution in [-0.4, -0.2) is 37.3 Å². The zero-order chi connectivity index (χ0) is 16.2. The first-order valence-electron chi connectivity index (χ1n) is 6.73. The number of anilines is 1. The predicted molar refractivity (Wildman–Crippen MR) is 82.0 cm³/mol. The molecule has 8 heteroatoms. The SMILES string of the molecule is CCCN(C(C)C)S(=O)(=O)c1ccc(NC)c([N+](=O)[O-])c1. The number of hydrogen-bond donors (Lipinski definition) is 1. The van der Waals surface area contributed by atoms with Crippen molar-refractivity contribution >= 4 is 21.4 Å². The molecule has 118 valence electrons. The standard InChI is InChI=1S/C13H21N3O4S/c1-5-8-15(10(2)3)21(19,20)11-6-7-12(14-4)13(9-11)16(17)18/h6-7,9-10,14H,5,8H2,1-4H3. The molecule has 0 saturated carbocycles. The number of rotatable bonds is 7. The van der Waals surface area contributed by atoms with Crippen molar-refractivity contribution in [3.05, 3.63) is 28.3 Å². The first-order valence-corrected chi connectivity index (χ1v) is 8.17. The predicted octanol–water partition coefficient (Wildman–Crippen LogP) is 2.45. The van der Waals surface area contributed by atoms with Gasteiger partial charge in [-0.15, -0.1) is 0 Å². The number of benzene rings is 1.